The second kappa shape index (κ2) is 5.17. The third-order valence-corrected chi connectivity index (χ3v) is 3.55. The molecule has 0 N–H and O–H groups in total. The number of nitrogens with zero attached hydrogens (tertiary/aromatic N) is 1. The van der Waals surface area contributed by atoms with E-state index in [9.17, 15) is 4.39 Å². The highest BCUT2D eigenvalue weighted by Crippen LogP contribution is 2.24. The van der Waals surface area contributed by atoms with Gasteiger partial charge in [0.1, 0.15) is 6.61 Å². The summed E-state index contributed by atoms with van der Waals surface area (Å²) in [6, 6.07) is 14.1. The van der Waals surface area contributed by atoms with Crippen molar-refractivity contribution in [3.05, 3.63) is 65.1 Å². The average Bonchev–Trinajstić information content (AvgIpc) is 2.74. The number of para-hydroxylation sites is 1. The highest BCUT2D eigenvalue weighted by molar-refractivity contribution is 6.31. The second-order valence-electron chi connectivity index (χ2n) is 4.62. The molecule has 3 aromatic rings. The Balaban J connectivity index is 1.88. The lowest BCUT2D eigenvalue weighted by molar-refractivity contribution is 0.283. The molecule has 0 aliphatic carbocycles. The molecule has 3 rings (SSSR count). The van der Waals surface area contributed by atoms with Crippen LogP contribution in [0.25, 0.3) is 10.9 Å². The zero-order valence-corrected chi connectivity index (χ0v) is 11.7. The monoisotopic (exact) mass is 289 g/mol. The fourth-order valence-corrected chi connectivity index (χ4v) is 2.41. The van der Waals surface area contributed by atoms with Gasteiger partial charge in [-0.15, -0.1) is 0 Å². The van der Waals surface area contributed by atoms with E-state index in [-0.39, 0.29) is 11.6 Å². The molecule has 0 radical (unpaired) electrons. The van der Waals surface area contributed by atoms with Crippen LogP contribution in [0.2, 0.25) is 5.02 Å². The van der Waals surface area contributed by atoms with Crippen molar-refractivity contribution in [1.29, 1.82) is 0 Å². The molecule has 0 bridgehead atoms. The zero-order valence-electron chi connectivity index (χ0n) is 10.9. The summed E-state index contributed by atoms with van der Waals surface area (Å²) in [6.07, 6.45) is 0. The molecule has 2 nitrogen and oxygen atoms in total. The van der Waals surface area contributed by atoms with Crippen LogP contribution in [0, 0.1) is 5.82 Å². The Labute approximate surface area is 121 Å². The van der Waals surface area contributed by atoms with E-state index in [4.69, 9.17) is 16.3 Å². The van der Waals surface area contributed by atoms with E-state index in [1.165, 1.54) is 6.07 Å². The quantitative estimate of drug-likeness (QED) is 0.690. The Bertz CT molecular complexity index is 766. The lowest BCUT2D eigenvalue weighted by Crippen LogP contribution is -2.02. The van der Waals surface area contributed by atoms with Crippen LogP contribution in [-0.4, -0.2) is 4.57 Å². The zero-order chi connectivity index (χ0) is 14.1. The number of rotatable bonds is 3. The molecule has 0 fully saturated rings. The summed E-state index contributed by atoms with van der Waals surface area (Å²) < 4.78 is 21.1. The van der Waals surface area contributed by atoms with E-state index in [1.54, 1.807) is 18.2 Å². The summed E-state index contributed by atoms with van der Waals surface area (Å²) >= 11 is 5.98. The molecule has 2 aromatic carbocycles. The molecular formula is C16H13ClFNO. The standard InChI is InChI=1S/C16H13ClFNO/c1-19-13(9-11-8-12(17)6-7-15(11)19)10-20-16-5-3-2-4-14(16)18/h2-9H,10H2,1H3. The first kappa shape index (κ1) is 13.0. The molecule has 0 aliphatic heterocycles. The number of benzene rings is 2. The third-order valence-electron chi connectivity index (χ3n) is 3.32. The highest BCUT2D eigenvalue weighted by Gasteiger charge is 2.08. The Kier molecular flexibility index (Phi) is 3.36. The van der Waals surface area contributed by atoms with Crippen LogP contribution in [0.3, 0.4) is 0 Å². The number of aryl methyl sites for hydroxylation is 1. The van der Waals surface area contributed by atoms with E-state index in [2.05, 4.69) is 0 Å². The average molecular weight is 290 g/mol. The molecule has 0 saturated heterocycles. The largest absolute Gasteiger partial charge is 0.484 e. The summed E-state index contributed by atoms with van der Waals surface area (Å²) in [6.45, 7) is 0.309. The topological polar surface area (TPSA) is 14.2 Å². The maximum Gasteiger partial charge on any atom is 0.165 e. The molecule has 4 heteroatoms. The summed E-state index contributed by atoms with van der Waals surface area (Å²) in [5.41, 5.74) is 2.03. The lowest BCUT2D eigenvalue weighted by Gasteiger charge is -2.08. The third kappa shape index (κ3) is 2.37. The fraction of sp³-hybridized carbons (Fsp3) is 0.125. The first-order valence-electron chi connectivity index (χ1n) is 6.26. The van der Waals surface area contributed by atoms with Crippen molar-refractivity contribution in [3.63, 3.8) is 0 Å². The van der Waals surface area contributed by atoms with Crippen LogP contribution < -0.4 is 4.74 Å². The molecule has 0 saturated carbocycles. The number of hydrogen-bond donors (Lipinski definition) is 0. The van der Waals surface area contributed by atoms with Crippen LogP contribution >= 0.6 is 11.6 Å². The van der Waals surface area contributed by atoms with Gasteiger partial charge in [-0.05, 0) is 36.4 Å². The Morgan fingerprint density at radius 2 is 1.95 bits per heavy atom. The maximum atomic E-state index is 13.5. The van der Waals surface area contributed by atoms with E-state index in [0.717, 1.165) is 16.6 Å². The van der Waals surface area contributed by atoms with Gasteiger partial charge in [-0.3, -0.25) is 0 Å². The van der Waals surface area contributed by atoms with Gasteiger partial charge in [0, 0.05) is 23.0 Å². The van der Waals surface area contributed by atoms with Crippen molar-refractivity contribution < 1.29 is 9.13 Å². The molecule has 0 amide bonds. The molecule has 1 aromatic heterocycles. The van der Waals surface area contributed by atoms with Gasteiger partial charge in [-0.2, -0.15) is 0 Å². The molecule has 0 unspecified atom stereocenters. The minimum Gasteiger partial charge on any atom is -0.484 e. The molecule has 0 atom stereocenters. The minimum atomic E-state index is -0.352. The maximum absolute atomic E-state index is 13.5. The van der Waals surface area contributed by atoms with Crippen molar-refractivity contribution in [2.75, 3.05) is 0 Å². The molecule has 0 spiro atoms. The van der Waals surface area contributed by atoms with Crippen LogP contribution in [0.15, 0.2) is 48.5 Å². The van der Waals surface area contributed by atoms with Gasteiger partial charge in [0.2, 0.25) is 0 Å². The van der Waals surface area contributed by atoms with Crippen molar-refractivity contribution in [2.24, 2.45) is 7.05 Å². The summed E-state index contributed by atoms with van der Waals surface area (Å²) in [5, 5.41) is 1.75. The minimum absolute atomic E-state index is 0.260. The first-order valence-corrected chi connectivity index (χ1v) is 6.64. The van der Waals surface area contributed by atoms with Gasteiger partial charge in [-0.25, -0.2) is 4.39 Å². The molecule has 0 aliphatic rings. The normalized spacial score (nSPS) is 10.9. The number of halogens is 2. The molecular weight excluding hydrogens is 277 g/mol. The van der Waals surface area contributed by atoms with Gasteiger partial charge in [0.15, 0.2) is 11.6 Å². The van der Waals surface area contributed by atoms with E-state index < -0.39 is 0 Å². The summed E-state index contributed by atoms with van der Waals surface area (Å²) in [4.78, 5) is 0. The van der Waals surface area contributed by atoms with Gasteiger partial charge < -0.3 is 9.30 Å². The highest BCUT2D eigenvalue weighted by atomic mass is 35.5. The van der Waals surface area contributed by atoms with E-state index in [1.807, 2.05) is 35.9 Å². The number of ether oxygens (including phenoxy) is 1. The predicted octanol–water partition coefficient (Wildman–Crippen LogP) is 4.55. The SMILES string of the molecule is Cn1c(COc2ccccc2F)cc2cc(Cl)ccc21. The van der Waals surface area contributed by atoms with Gasteiger partial charge in [-0.1, -0.05) is 23.7 Å². The van der Waals surface area contributed by atoms with Crippen LogP contribution in [-0.2, 0) is 13.7 Å². The van der Waals surface area contributed by atoms with Crippen molar-refractivity contribution >= 4 is 22.5 Å². The number of fused-ring (bicyclic) bond motifs is 1. The van der Waals surface area contributed by atoms with Crippen molar-refractivity contribution in [2.45, 2.75) is 6.61 Å². The number of aromatic nitrogens is 1. The van der Waals surface area contributed by atoms with Crippen LogP contribution in [0.5, 0.6) is 5.75 Å². The van der Waals surface area contributed by atoms with Gasteiger partial charge in [0.25, 0.3) is 0 Å². The Morgan fingerprint density at radius 3 is 2.75 bits per heavy atom. The molecule has 102 valence electrons. The van der Waals surface area contributed by atoms with E-state index >= 15 is 0 Å². The first-order chi connectivity index (χ1) is 9.65. The van der Waals surface area contributed by atoms with Gasteiger partial charge >= 0.3 is 0 Å². The van der Waals surface area contributed by atoms with Crippen molar-refractivity contribution in [3.8, 4) is 5.75 Å². The second-order valence-corrected chi connectivity index (χ2v) is 5.05. The smallest absolute Gasteiger partial charge is 0.165 e. The predicted molar refractivity (Wildman–Crippen MR) is 78.7 cm³/mol. The molecule has 1 heterocycles. The van der Waals surface area contributed by atoms with Crippen LogP contribution in [0.1, 0.15) is 5.69 Å². The lowest BCUT2D eigenvalue weighted by atomic mass is 10.2. The Morgan fingerprint density at radius 1 is 1.15 bits per heavy atom. The number of hydrogen-bond acceptors (Lipinski definition) is 1. The van der Waals surface area contributed by atoms with Gasteiger partial charge in [0.05, 0.1) is 5.69 Å². The Hall–Kier alpha value is -2.00. The summed E-state index contributed by atoms with van der Waals surface area (Å²) in [7, 11) is 1.95. The fourth-order valence-electron chi connectivity index (χ4n) is 2.23. The van der Waals surface area contributed by atoms with Crippen LogP contribution in [0.4, 0.5) is 4.39 Å². The van der Waals surface area contributed by atoms with E-state index in [0.29, 0.717) is 11.6 Å². The molecule has 20 heavy (non-hydrogen) atoms. The summed E-state index contributed by atoms with van der Waals surface area (Å²) in [5.74, 6) is -0.0925. The van der Waals surface area contributed by atoms with Crippen molar-refractivity contribution in [1.82, 2.24) is 4.57 Å².